The fraction of sp³-hybridized carbons (Fsp3) is 0.385. The smallest absolute Gasteiger partial charge is 0.123 e. The number of aromatic nitrogens is 3. The third-order valence-electron chi connectivity index (χ3n) is 6.64. The molecule has 0 radical (unpaired) electrons. The maximum Gasteiger partial charge on any atom is 0.123 e. The zero-order chi connectivity index (χ0) is 21.2. The predicted molar refractivity (Wildman–Crippen MR) is 120 cm³/mol. The monoisotopic (exact) mass is 417 g/mol. The van der Waals surface area contributed by atoms with E-state index < -0.39 is 0 Å². The van der Waals surface area contributed by atoms with Crippen LogP contribution in [0.4, 0.5) is 4.39 Å². The molecule has 1 aromatic carbocycles. The molecule has 5 heteroatoms. The first-order valence-electron chi connectivity index (χ1n) is 11.3. The summed E-state index contributed by atoms with van der Waals surface area (Å²) in [5.41, 5.74) is 4.47. The molecule has 0 amide bonds. The van der Waals surface area contributed by atoms with E-state index >= 15 is 0 Å². The maximum absolute atomic E-state index is 12.6. The second kappa shape index (κ2) is 8.75. The van der Waals surface area contributed by atoms with Gasteiger partial charge in [-0.3, -0.25) is 4.98 Å². The number of benzene rings is 1. The van der Waals surface area contributed by atoms with E-state index in [2.05, 4.69) is 22.2 Å². The molecule has 1 atom stereocenters. The number of halogens is 1. The highest BCUT2D eigenvalue weighted by Crippen LogP contribution is 2.46. The van der Waals surface area contributed by atoms with Crippen molar-refractivity contribution in [2.24, 2.45) is 5.92 Å². The summed E-state index contributed by atoms with van der Waals surface area (Å²) in [5.74, 6) is 0.885. The van der Waals surface area contributed by atoms with Crippen LogP contribution in [0.5, 0.6) is 0 Å². The zero-order valence-corrected chi connectivity index (χ0v) is 17.6. The van der Waals surface area contributed by atoms with Crippen molar-refractivity contribution in [3.05, 3.63) is 78.3 Å². The van der Waals surface area contributed by atoms with Crippen LogP contribution in [0.2, 0.25) is 0 Å². The number of fused-ring (bicyclic) bond motifs is 2. The van der Waals surface area contributed by atoms with Crippen molar-refractivity contribution in [2.45, 2.75) is 57.0 Å². The van der Waals surface area contributed by atoms with Crippen LogP contribution < -0.4 is 0 Å². The minimum Gasteiger partial charge on any atom is -0.388 e. The molecule has 2 fully saturated rings. The van der Waals surface area contributed by atoms with Gasteiger partial charge in [0.2, 0.25) is 0 Å². The molecule has 0 aliphatic heterocycles. The number of imidazole rings is 1. The van der Waals surface area contributed by atoms with E-state index in [0.29, 0.717) is 11.8 Å². The van der Waals surface area contributed by atoms with Crippen LogP contribution in [0.3, 0.4) is 0 Å². The second-order valence-corrected chi connectivity index (χ2v) is 8.83. The zero-order valence-electron chi connectivity index (χ0n) is 17.6. The number of hydrogen-bond donors (Lipinski definition) is 1. The molecule has 3 aromatic heterocycles. The lowest BCUT2D eigenvalue weighted by Crippen LogP contribution is -2.18. The molecule has 3 heterocycles. The van der Waals surface area contributed by atoms with Crippen molar-refractivity contribution < 1.29 is 9.50 Å². The fourth-order valence-corrected chi connectivity index (χ4v) is 4.83. The highest BCUT2D eigenvalue weighted by atomic mass is 19.1. The fourth-order valence-electron chi connectivity index (χ4n) is 4.83. The lowest BCUT2D eigenvalue weighted by atomic mass is 9.81. The highest BCUT2D eigenvalue weighted by Gasteiger charge is 2.32. The Kier molecular flexibility index (Phi) is 5.68. The third-order valence-corrected chi connectivity index (χ3v) is 6.64. The molecule has 1 unspecified atom stereocenters. The predicted octanol–water partition coefficient (Wildman–Crippen LogP) is 6.20. The maximum atomic E-state index is 12.6. The minimum atomic E-state index is -0.314. The van der Waals surface area contributed by atoms with Gasteiger partial charge < -0.3 is 9.51 Å². The number of aliphatic hydroxyl groups excluding tert-OH is 1. The van der Waals surface area contributed by atoms with Crippen molar-refractivity contribution in [3.63, 3.8) is 0 Å². The van der Waals surface area contributed by atoms with Crippen LogP contribution in [0, 0.1) is 11.7 Å². The first-order valence-corrected chi connectivity index (χ1v) is 11.3. The van der Waals surface area contributed by atoms with E-state index in [-0.39, 0.29) is 11.9 Å². The van der Waals surface area contributed by atoms with E-state index in [1.165, 1.54) is 68.2 Å². The Morgan fingerprint density at radius 3 is 2.68 bits per heavy atom. The Labute approximate surface area is 181 Å². The summed E-state index contributed by atoms with van der Waals surface area (Å²) in [6, 6.07) is 10.4. The van der Waals surface area contributed by atoms with Crippen LogP contribution in [0.25, 0.3) is 16.4 Å². The van der Waals surface area contributed by atoms with E-state index in [1.807, 2.05) is 23.0 Å². The van der Waals surface area contributed by atoms with Crippen molar-refractivity contribution in [1.82, 2.24) is 14.4 Å². The largest absolute Gasteiger partial charge is 0.388 e. The third kappa shape index (κ3) is 4.33. The van der Waals surface area contributed by atoms with Gasteiger partial charge in [0, 0.05) is 23.3 Å². The Morgan fingerprint density at radius 1 is 1.03 bits per heavy atom. The van der Waals surface area contributed by atoms with Crippen molar-refractivity contribution >= 4 is 16.4 Å². The lowest BCUT2D eigenvalue weighted by Gasteiger charge is -2.28. The molecular weight excluding hydrogens is 389 g/mol. The molecule has 4 nitrogen and oxygen atoms in total. The van der Waals surface area contributed by atoms with Crippen LogP contribution in [0.15, 0.2) is 61.3 Å². The number of hydrogen-bond acceptors (Lipinski definition) is 3. The Hall–Kier alpha value is -2.79. The van der Waals surface area contributed by atoms with Gasteiger partial charge in [-0.05, 0) is 73.4 Å². The van der Waals surface area contributed by atoms with E-state index in [1.54, 1.807) is 18.3 Å². The average molecular weight is 418 g/mol. The van der Waals surface area contributed by atoms with Gasteiger partial charge in [0.25, 0.3) is 0 Å². The Bertz CT molecular complexity index is 1180. The quantitative estimate of drug-likeness (QED) is 0.432. The van der Waals surface area contributed by atoms with Gasteiger partial charge in [0.15, 0.2) is 0 Å². The molecule has 160 valence electrons. The molecule has 0 saturated heterocycles. The van der Waals surface area contributed by atoms with Crippen LogP contribution in [0.1, 0.15) is 68.1 Å². The van der Waals surface area contributed by atoms with Gasteiger partial charge in [-0.15, -0.1) is 0 Å². The highest BCUT2D eigenvalue weighted by molar-refractivity contribution is 5.77. The van der Waals surface area contributed by atoms with Gasteiger partial charge in [0.1, 0.15) is 5.82 Å². The van der Waals surface area contributed by atoms with E-state index in [0.717, 1.165) is 16.4 Å². The summed E-state index contributed by atoms with van der Waals surface area (Å²) in [6.45, 7) is 0. The van der Waals surface area contributed by atoms with Gasteiger partial charge in [-0.1, -0.05) is 25.3 Å². The van der Waals surface area contributed by atoms with Crippen LogP contribution in [-0.2, 0) is 0 Å². The number of rotatable bonds is 3. The average Bonchev–Trinajstić information content (AvgIpc) is 3.55. The summed E-state index contributed by atoms with van der Waals surface area (Å²) in [5, 5.41) is 11.8. The Morgan fingerprint density at radius 2 is 1.87 bits per heavy atom. The summed E-state index contributed by atoms with van der Waals surface area (Å²) in [7, 11) is 0. The number of nitrogens with zero attached hydrogens (tertiary/aromatic N) is 3. The summed E-state index contributed by atoms with van der Waals surface area (Å²) >= 11 is 0. The molecule has 0 bridgehead atoms. The van der Waals surface area contributed by atoms with Crippen molar-refractivity contribution in [3.8, 4) is 0 Å². The molecule has 0 spiro atoms. The molecule has 31 heavy (non-hydrogen) atoms. The van der Waals surface area contributed by atoms with Gasteiger partial charge in [0.05, 0.1) is 29.7 Å². The minimum absolute atomic E-state index is 0.217. The molecule has 2 aliphatic carbocycles. The normalized spacial score (nSPS) is 18.0. The standard InChI is InChI=1S/C17H22N2O.C9H6FN/c20-17(13-4-2-1-3-5-13)16-14(12-6-7-12)8-9-19-11-18-10-15(16)19;10-8-3-4-9-7(6-8)2-1-5-11-9/h8-13,17,20H,1-7H2;1-6H. The van der Waals surface area contributed by atoms with Crippen molar-refractivity contribution in [2.75, 3.05) is 0 Å². The first kappa shape index (κ1) is 20.1. The summed E-state index contributed by atoms with van der Waals surface area (Å²) in [4.78, 5) is 8.32. The number of aliphatic hydroxyl groups is 1. The van der Waals surface area contributed by atoms with Crippen LogP contribution >= 0.6 is 0 Å². The molecular formula is C26H28FN3O. The van der Waals surface area contributed by atoms with Crippen molar-refractivity contribution in [1.29, 1.82) is 0 Å². The molecule has 2 aliphatic rings. The van der Waals surface area contributed by atoms with Gasteiger partial charge >= 0.3 is 0 Å². The molecule has 2 saturated carbocycles. The first-order chi connectivity index (χ1) is 15.2. The summed E-state index contributed by atoms with van der Waals surface area (Å²) < 4.78 is 14.7. The molecule has 6 rings (SSSR count). The Balaban J connectivity index is 0.000000157. The van der Waals surface area contributed by atoms with Gasteiger partial charge in [-0.2, -0.15) is 0 Å². The van der Waals surface area contributed by atoms with Crippen LogP contribution in [-0.4, -0.2) is 19.5 Å². The SMILES string of the molecule is Fc1ccc2ncccc2c1.OC(c1c(C2CC2)ccn2cncc12)C1CCCCC1. The van der Waals surface area contributed by atoms with Gasteiger partial charge in [-0.25, -0.2) is 9.37 Å². The molecule has 1 N–H and O–H groups in total. The topological polar surface area (TPSA) is 50.4 Å². The summed E-state index contributed by atoms with van der Waals surface area (Å²) in [6.07, 6.45) is 16.0. The number of pyridine rings is 2. The lowest BCUT2D eigenvalue weighted by molar-refractivity contribution is 0.0850. The second-order valence-electron chi connectivity index (χ2n) is 8.83. The van der Waals surface area contributed by atoms with E-state index in [4.69, 9.17) is 0 Å². The molecule has 4 aromatic rings. The van der Waals surface area contributed by atoms with E-state index in [9.17, 15) is 9.50 Å².